The second kappa shape index (κ2) is 6.60. The SMILES string of the molecule is COc1cccc2c1Oc1cc(-c3noc(=O)[nH]3)ccc1C2=C1CC2CCC(C1)N2. The standard InChI is InChI=1S/C23H21N3O4/c1-28-18-4-2-3-17-20(13-9-14-6-7-15(10-13)24-14)16-8-5-12(11-19(16)29-21(17)18)22-25-23(27)30-26-22/h2-5,8,11,14-15,24H,6-7,9-10H2,1H3,(H,25,26,27). The van der Waals surface area contributed by atoms with Crippen LogP contribution in [0.1, 0.15) is 36.8 Å². The van der Waals surface area contributed by atoms with Gasteiger partial charge in [0.1, 0.15) is 5.75 Å². The summed E-state index contributed by atoms with van der Waals surface area (Å²) in [6.45, 7) is 0. The van der Waals surface area contributed by atoms with Gasteiger partial charge in [0.15, 0.2) is 17.3 Å². The van der Waals surface area contributed by atoms with E-state index in [4.69, 9.17) is 9.47 Å². The maximum atomic E-state index is 11.4. The van der Waals surface area contributed by atoms with Gasteiger partial charge in [0, 0.05) is 28.8 Å². The number of rotatable bonds is 2. The number of aromatic amines is 1. The first kappa shape index (κ1) is 17.5. The summed E-state index contributed by atoms with van der Waals surface area (Å²) in [5.41, 5.74) is 5.56. The Morgan fingerprint density at radius 3 is 2.67 bits per heavy atom. The molecule has 2 unspecified atom stereocenters. The number of nitrogens with zero attached hydrogens (tertiary/aromatic N) is 1. The molecule has 2 saturated heterocycles. The maximum absolute atomic E-state index is 11.4. The van der Waals surface area contributed by atoms with Crippen molar-refractivity contribution in [1.29, 1.82) is 0 Å². The van der Waals surface area contributed by atoms with E-state index in [9.17, 15) is 4.79 Å². The van der Waals surface area contributed by atoms with Crippen molar-refractivity contribution in [3.63, 3.8) is 0 Å². The number of methoxy groups -OCH3 is 1. The molecular weight excluding hydrogens is 382 g/mol. The van der Waals surface area contributed by atoms with E-state index in [-0.39, 0.29) is 0 Å². The molecule has 1 aromatic heterocycles. The van der Waals surface area contributed by atoms with Crippen molar-refractivity contribution in [2.75, 3.05) is 7.11 Å². The van der Waals surface area contributed by atoms with Crippen LogP contribution >= 0.6 is 0 Å². The number of benzene rings is 2. The van der Waals surface area contributed by atoms with Crippen molar-refractivity contribution >= 4 is 5.57 Å². The summed E-state index contributed by atoms with van der Waals surface area (Å²) in [5, 5.41) is 7.53. The molecule has 3 aromatic rings. The summed E-state index contributed by atoms with van der Waals surface area (Å²) in [6.07, 6.45) is 4.54. The predicted octanol–water partition coefficient (Wildman–Crippen LogP) is 3.86. The average Bonchev–Trinajstić information content (AvgIpc) is 3.35. The zero-order chi connectivity index (χ0) is 20.2. The van der Waals surface area contributed by atoms with Crippen LogP contribution in [0, 0.1) is 0 Å². The van der Waals surface area contributed by atoms with E-state index >= 15 is 0 Å². The van der Waals surface area contributed by atoms with Crippen LogP contribution in [0.15, 0.2) is 51.3 Å². The molecule has 6 rings (SSSR count). The van der Waals surface area contributed by atoms with E-state index in [0.29, 0.717) is 23.7 Å². The number of piperidine rings is 1. The molecule has 0 saturated carbocycles. The monoisotopic (exact) mass is 403 g/mol. The van der Waals surface area contributed by atoms with E-state index in [0.717, 1.165) is 41.0 Å². The van der Waals surface area contributed by atoms with E-state index < -0.39 is 5.76 Å². The number of hydrogen-bond donors (Lipinski definition) is 2. The van der Waals surface area contributed by atoms with Gasteiger partial charge in [0.25, 0.3) is 0 Å². The number of nitrogens with one attached hydrogen (secondary N) is 2. The first-order valence-electron chi connectivity index (χ1n) is 10.2. The second-order valence-electron chi connectivity index (χ2n) is 8.12. The Morgan fingerprint density at radius 1 is 1.10 bits per heavy atom. The number of ether oxygens (including phenoxy) is 2. The predicted molar refractivity (Wildman–Crippen MR) is 111 cm³/mol. The molecular formula is C23H21N3O4. The Labute approximate surface area is 172 Å². The number of fused-ring (bicyclic) bond motifs is 4. The topological polar surface area (TPSA) is 89.4 Å². The molecule has 2 fully saturated rings. The Hall–Kier alpha value is -3.32. The van der Waals surface area contributed by atoms with Gasteiger partial charge in [-0.2, -0.15) is 0 Å². The fraction of sp³-hybridized carbons (Fsp3) is 0.304. The Kier molecular flexibility index (Phi) is 3.86. The Balaban J connectivity index is 1.56. The van der Waals surface area contributed by atoms with Crippen LogP contribution in [0.25, 0.3) is 17.0 Å². The molecule has 2 aromatic carbocycles. The minimum Gasteiger partial charge on any atom is -0.493 e. The van der Waals surface area contributed by atoms with E-state index in [1.165, 1.54) is 24.0 Å². The highest BCUT2D eigenvalue weighted by molar-refractivity contribution is 5.92. The first-order chi connectivity index (χ1) is 14.7. The van der Waals surface area contributed by atoms with Crippen molar-refractivity contribution in [2.45, 2.75) is 37.8 Å². The molecule has 4 heterocycles. The Morgan fingerprint density at radius 2 is 1.93 bits per heavy atom. The summed E-state index contributed by atoms with van der Waals surface area (Å²) in [4.78, 5) is 14.0. The van der Waals surface area contributed by atoms with Gasteiger partial charge < -0.3 is 14.8 Å². The minimum atomic E-state index is -0.580. The van der Waals surface area contributed by atoms with Crippen LogP contribution in [0.3, 0.4) is 0 Å². The number of H-pyrrole nitrogens is 1. The van der Waals surface area contributed by atoms with Gasteiger partial charge in [0.05, 0.1) is 7.11 Å². The van der Waals surface area contributed by atoms with Crippen molar-refractivity contribution < 1.29 is 14.0 Å². The molecule has 0 amide bonds. The molecule has 7 heteroatoms. The smallest absolute Gasteiger partial charge is 0.439 e. The summed E-state index contributed by atoms with van der Waals surface area (Å²) in [5.74, 6) is 1.96. The van der Waals surface area contributed by atoms with Crippen LogP contribution in [-0.4, -0.2) is 29.3 Å². The Bertz CT molecular complexity index is 1230. The third-order valence-corrected chi connectivity index (χ3v) is 6.32. The molecule has 0 radical (unpaired) electrons. The number of aromatic nitrogens is 2. The summed E-state index contributed by atoms with van der Waals surface area (Å²) in [7, 11) is 1.66. The van der Waals surface area contributed by atoms with Gasteiger partial charge in [0.2, 0.25) is 0 Å². The van der Waals surface area contributed by atoms with Crippen LogP contribution in [0.5, 0.6) is 17.2 Å². The van der Waals surface area contributed by atoms with Crippen LogP contribution in [0.4, 0.5) is 0 Å². The minimum absolute atomic E-state index is 0.381. The summed E-state index contributed by atoms with van der Waals surface area (Å²) in [6, 6.07) is 13.0. The van der Waals surface area contributed by atoms with Crippen molar-refractivity contribution in [2.24, 2.45) is 0 Å². The molecule has 152 valence electrons. The molecule has 3 aliphatic heterocycles. The molecule has 2 bridgehead atoms. The molecule has 7 nitrogen and oxygen atoms in total. The van der Waals surface area contributed by atoms with Crippen molar-refractivity contribution in [3.05, 3.63) is 63.6 Å². The normalized spacial score (nSPS) is 21.8. The number of para-hydroxylation sites is 1. The fourth-order valence-electron chi connectivity index (χ4n) is 5.04. The lowest BCUT2D eigenvalue weighted by Crippen LogP contribution is -2.35. The lowest BCUT2D eigenvalue weighted by Gasteiger charge is -2.31. The molecule has 2 atom stereocenters. The summed E-state index contributed by atoms with van der Waals surface area (Å²) < 4.78 is 16.6. The van der Waals surface area contributed by atoms with E-state index in [1.807, 2.05) is 30.3 Å². The van der Waals surface area contributed by atoms with E-state index in [1.54, 1.807) is 7.11 Å². The van der Waals surface area contributed by atoms with Gasteiger partial charge >= 0.3 is 5.76 Å². The molecule has 3 aliphatic rings. The highest BCUT2D eigenvalue weighted by atomic mass is 16.5. The van der Waals surface area contributed by atoms with Gasteiger partial charge in [-0.3, -0.25) is 9.51 Å². The second-order valence-corrected chi connectivity index (χ2v) is 8.12. The number of hydrogen-bond acceptors (Lipinski definition) is 6. The lowest BCUT2D eigenvalue weighted by atomic mass is 9.84. The van der Waals surface area contributed by atoms with Crippen molar-refractivity contribution in [3.8, 4) is 28.6 Å². The largest absolute Gasteiger partial charge is 0.493 e. The zero-order valence-electron chi connectivity index (χ0n) is 16.5. The van der Waals surface area contributed by atoms with Crippen molar-refractivity contribution in [1.82, 2.24) is 15.5 Å². The molecule has 0 spiro atoms. The van der Waals surface area contributed by atoms with Crippen LogP contribution in [-0.2, 0) is 0 Å². The van der Waals surface area contributed by atoms with Gasteiger partial charge in [-0.25, -0.2) is 4.79 Å². The lowest BCUT2D eigenvalue weighted by molar-refractivity contribution is 0.376. The zero-order valence-corrected chi connectivity index (χ0v) is 16.5. The fourth-order valence-corrected chi connectivity index (χ4v) is 5.04. The highest BCUT2D eigenvalue weighted by Gasteiger charge is 2.35. The highest BCUT2D eigenvalue weighted by Crippen LogP contribution is 2.51. The van der Waals surface area contributed by atoms with Gasteiger partial charge in [-0.15, -0.1) is 0 Å². The van der Waals surface area contributed by atoms with Gasteiger partial charge in [-0.05, 0) is 49.5 Å². The third-order valence-electron chi connectivity index (χ3n) is 6.32. The molecule has 2 N–H and O–H groups in total. The maximum Gasteiger partial charge on any atom is 0.439 e. The first-order valence-corrected chi connectivity index (χ1v) is 10.2. The van der Waals surface area contributed by atoms with Crippen LogP contribution < -0.4 is 20.5 Å². The average molecular weight is 403 g/mol. The molecule has 30 heavy (non-hydrogen) atoms. The van der Waals surface area contributed by atoms with Gasteiger partial charge in [-0.1, -0.05) is 28.9 Å². The third kappa shape index (κ3) is 2.69. The van der Waals surface area contributed by atoms with Crippen LogP contribution in [0.2, 0.25) is 0 Å². The quantitative estimate of drug-likeness (QED) is 0.528. The molecule has 0 aliphatic carbocycles. The summed E-state index contributed by atoms with van der Waals surface area (Å²) >= 11 is 0. The van der Waals surface area contributed by atoms with E-state index in [2.05, 4.69) is 26.0 Å².